The number of aryl methyl sites for hydroxylation is 1. The highest BCUT2D eigenvalue weighted by Gasteiger charge is 2.30. The molecule has 0 bridgehead atoms. The van der Waals surface area contributed by atoms with Gasteiger partial charge in [-0.2, -0.15) is 0 Å². The molecule has 1 unspecified atom stereocenters. The van der Waals surface area contributed by atoms with Crippen molar-refractivity contribution in [2.24, 2.45) is 0 Å². The Hall–Kier alpha value is -2.21. The SMILES string of the molecule is COc1ccc(C2CCCN2C(=O)Nc2c(C)cc(Br)cc2OC)cc1. The minimum atomic E-state index is -0.105. The minimum absolute atomic E-state index is 0.0719. The fourth-order valence-corrected chi connectivity index (χ4v) is 3.95. The van der Waals surface area contributed by atoms with Crippen LogP contribution in [0.2, 0.25) is 0 Å². The Morgan fingerprint density at radius 1 is 1.19 bits per heavy atom. The lowest BCUT2D eigenvalue weighted by molar-refractivity contribution is 0.207. The molecule has 6 heteroatoms. The third kappa shape index (κ3) is 3.80. The number of likely N-dealkylation sites (tertiary alicyclic amines) is 1. The van der Waals surface area contributed by atoms with Gasteiger partial charge in [-0.25, -0.2) is 4.79 Å². The van der Waals surface area contributed by atoms with Crippen LogP contribution >= 0.6 is 15.9 Å². The van der Waals surface area contributed by atoms with Gasteiger partial charge in [-0.1, -0.05) is 28.1 Å². The van der Waals surface area contributed by atoms with Crippen molar-refractivity contribution in [3.63, 3.8) is 0 Å². The summed E-state index contributed by atoms with van der Waals surface area (Å²) in [5.41, 5.74) is 2.78. The maximum Gasteiger partial charge on any atom is 0.322 e. The normalized spacial score (nSPS) is 16.5. The Morgan fingerprint density at radius 2 is 1.92 bits per heavy atom. The Morgan fingerprint density at radius 3 is 2.58 bits per heavy atom. The zero-order valence-corrected chi connectivity index (χ0v) is 16.8. The lowest BCUT2D eigenvalue weighted by Gasteiger charge is -2.26. The number of carbonyl (C=O) groups excluding carboxylic acids is 1. The molecule has 1 fully saturated rings. The van der Waals surface area contributed by atoms with Crippen molar-refractivity contribution in [1.29, 1.82) is 0 Å². The molecular weight excluding hydrogens is 396 g/mol. The largest absolute Gasteiger partial charge is 0.497 e. The summed E-state index contributed by atoms with van der Waals surface area (Å²) >= 11 is 3.46. The average Bonchev–Trinajstić information content (AvgIpc) is 3.13. The van der Waals surface area contributed by atoms with Crippen LogP contribution in [0, 0.1) is 6.92 Å². The molecule has 0 saturated carbocycles. The Labute approximate surface area is 162 Å². The maximum atomic E-state index is 12.9. The summed E-state index contributed by atoms with van der Waals surface area (Å²) in [6.45, 7) is 2.69. The van der Waals surface area contributed by atoms with E-state index in [9.17, 15) is 4.79 Å². The summed E-state index contributed by atoms with van der Waals surface area (Å²) in [5.74, 6) is 1.46. The number of carbonyl (C=O) groups is 1. The minimum Gasteiger partial charge on any atom is -0.497 e. The number of nitrogens with one attached hydrogen (secondary N) is 1. The maximum absolute atomic E-state index is 12.9. The van der Waals surface area contributed by atoms with Crippen LogP contribution in [-0.4, -0.2) is 31.7 Å². The molecule has 2 aromatic carbocycles. The molecule has 1 atom stereocenters. The molecular formula is C20H23BrN2O3. The number of hydrogen-bond donors (Lipinski definition) is 1. The van der Waals surface area contributed by atoms with Crippen LogP contribution in [0.1, 0.15) is 30.0 Å². The van der Waals surface area contributed by atoms with Crippen molar-refractivity contribution in [2.75, 3.05) is 26.1 Å². The van der Waals surface area contributed by atoms with Gasteiger partial charge in [0, 0.05) is 11.0 Å². The third-order valence-corrected chi connectivity index (χ3v) is 5.19. The van der Waals surface area contributed by atoms with E-state index in [-0.39, 0.29) is 12.1 Å². The van der Waals surface area contributed by atoms with Gasteiger partial charge in [-0.15, -0.1) is 0 Å². The van der Waals surface area contributed by atoms with Gasteiger partial charge in [-0.3, -0.25) is 0 Å². The number of nitrogens with zero attached hydrogens (tertiary/aromatic N) is 1. The number of halogens is 1. The van der Waals surface area contributed by atoms with Crippen LogP contribution in [0.3, 0.4) is 0 Å². The Kier molecular flexibility index (Phi) is 5.71. The molecule has 3 rings (SSSR count). The third-order valence-electron chi connectivity index (χ3n) is 4.73. The molecule has 1 heterocycles. The first-order valence-electron chi connectivity index (χ1n) is 8.59. The zero-order chi connectivity index (χ0) is 18.7. The van der Waals surface area contributed by atoms with Crippen LogP contribution in [0.4, 0.5) is 10.5 Å². The van der Waals surface area contributed by atoms with Gasteiger partial charge in [0.2, 0.25) is 0 Å². The van der Waals surface area contributed by atoms with Gasteiger partial charge in [0.25, 0.3) is 0 Å². The second kappa shape index (κ2) is 7.99. The highest BCUT2D eigenvalue weighted by Crippen LogP contribution is 2.36. The van der Waals surface area contributed by atoms with E-state index in [0.717, 1.165) is 40.7 Å². The Balaban J connectivity index is 1.80. The predicted molar refractivity (Wildman–Crippen MR) is 106 cm³/mol. The van der Waals surface area contributed by atoms with Gasteiger partial charge in [0.05, 0.1) is 25.9 Å². The number of anilines is 1. The first kappa shape index (κ1) is 18.6. The molecule has 0 spiro atoms. The number of urea groups is 1. The molecule has 1 saturated heterocycles. The highest BCUT2D eigenvalue weighted by molar-refractivity contribution is 9.10. The van der Waals surface area contributed by atoms with E-state index in [1.807, 2.05) is 48.2 Å². The van der Waals surface area contributed by atoms with E-state index >= 15 is 0 Å². The van der Waals surface area contributed by atoms with E-state index in [0.29, 0.717) is 11.4 Å². The predicted octanol–water partition coefficient (Wildman–Crippen LogP) is 5.14. The topological polar surface area (TPSA) is 50.8 Å². The van der Waals surface area contributed by atoms with Gasteiger partial charge in [-0.05, 0) is 55.2 Å². The summed E-state index contributed by atoms with van der Waals surface area (Å²) in [7, 11) is 3.26. The van der Waals surface area contributed by atoms with Crippen LogP contribution < -0.4 is 14.8 Å². The van der Waals surface area contributed by atoms with Crippen molar-refractivity contribution in [3.8, 4) is 11.5 Å². The number of ether oxygens (including phenoxy) is 2. The summed E-state index contributed by atoms with van der Waals surface area (Å²) in [5, 5.41) is 3.04. The molecule has 1 aliphatic heterocycles. The van der Waals surface area contributed by atoms with Crippen LogP contribution in [0.5, 0.6) is 11.5 Å². The van der Waals surface area contributed by atoms with Crippen molar-refractivity contribution < 1.29 is 14.3 Å². The molecule has 2 amide bonds. The van der Waals surface area contributed by atoms with Gasteiger partial charge >= 0.3 is 6.03 Å². The molecule has 2 aromatic rings. The molecule has 0 radical (unpaired) electrons. The number of benzene rings is 2. The molecule has 1 aliphatic rings. The van der Waals surface area contributed by atoms with Crippen molar-refractivity contribution in [1.82, 2.24) is 4.90 Å². The first-order valence-corrected chi connectivity index (χ1v) is 9.38. The summed E-state index contributed by atoms with van der Waals surface area (Å²) in [6.07, 6.45) is 1.94. The van der Waals surface area contributed by atoms with Crippen LogP contribution in [0.15, 0.2) is 40.9 Å². The summed E-state index contributed by atoms with van der Waals surface area (Å²) in [4.78, 5) is 14.8. The number of amides is 2. The lowest BCUT2D eigenvalue weighted by Crippen LogP contribution is -2.34. The standard InChI is InChI=1S/C20H23BrN2O3/c1-13-11-15(21)12-18(26-3)19(13)22-20(24)23-10-4-5-17(23)14-6-8-16(25-2)9-7-14/h6-9,11-12,17H,4-5,10H2,1-3H3,(H,22,24). The van der Waals surface area contributed by atoms with E-state index in [4.69, 9.17) is 9.47 Å². The van der Waals surface area contributed by atoms with Gasteiger partial charge < -0.3 is 19.7 Å². The van der Waals surface area contributed by atoms with Crippen molar-refractivity contribution in [2.45, 2.75) is 25.8 Å². The van der Waals surface area contributed by atoms with Gasteiger partial charge in [0.15, 0.2) is 0 Å². The molecule has 26 heavy (non-hydrogen) atoms. The fraction of sp³-hybridized carbons (Fsp3) is 0.350. The second-order valence-corrected chi connectivity index (χ2v) is 7.27. The van der Waals surface area contributed by atoms with Gasteiger partial charge in [0.1, 0.15) is 11.5 Å². The molecule has 5 nitrogen and oxygen atoms in total. The molecule has 138 valence electrons. The number of methoxy groups -OCH3 is 2. The monoisotopic (exact) mass is 418 g/mol. The molecule has 0 aliphatic carbocycles. The van der Waals surface area contributed by atoms with E-state index in [1.54, 1.807) is 14.2 Å². The number of rotatable bonds is 4. The zero-order valence-electron chi connectivity index (χ0n) is 15.2. The van der Waals surface area contributed by atoms with Crippen molar-refractivity contribution in [3.05, 3.63) is 52.0 Å². The fourth-order valence-electron chi connectivity index (χ4n) is 3.39. The highest BCUT2D eigenvalue weighted by atomic mass is 79.9. The van der Waals surface area contributed by atoms with E-state index in [2.05, 4.69) is 21.2 Å². The van der Waals surface area contributed by atoms with Crippen LogP contribution in [-0.2, 0) is 0 Å². The summed E-state index contributed by atoms with van der Waals surface area (Å²) < 4.78 is 11.6. The van der Waals surface area contributed by atoms with Crippen molar-refractivity contribution >= 4 is 27.6 Å². The Bertz CT molecular complexity index is 792. The summed E-state index contributed by atoms with van der Waals surface area (Å²) in [6, 6.07) is 11.7. The van der Waals surface area contributed by atoms with E-state index < -0.39 is 0 Å². The molecule has 0 aromatic heterocycles. The first-order chi connectivity index (χ1) is 12.5. The quantitative estimate of drug-likeness (QED) is 0.747. The second-order valence-electron chi connectivity index (χ2n) is 6.35. The molecule has 1 N–H and O–H groups in total. The smallest absolute Gasteiger partial charge is 0.322 e. The van der Waals surface area contributed by atoms with E-state index in [1.165, 1.54) is 0 Å². The average molecular weight is 419 g/mol. The number of hydrogen-bond acceptors (Lipinski definition) is 3. The lowest BCUT2D eigenvalue weighted by atomic mass is 10.0. The van der Waals surface area contributed by atoms with Crippen LogP contribution in [0.25, 0.3) is 0 Å².